The quantitative estimate of drug-likeness (QED) is 0.663. The average Bonchev–Trinajstić information content (AvgIpc) is 3.41. The lowest BCUT2D eigenvalue weighted by Crippen LogP contribution is -2.40. The van der Waals surface area contributed by atoms with E-state index >= 15 is 0 Å². The molecular formula is C21H24N4O2S. The number of hydrogen-bond acceptors (Lipinski definition) is 6. The van der Waals surface area contributed by atoms with Crippen molar-refractivity contribution in [2.75, 3.05) is 19.6 Å². The number of amides is 1. The molecule has 1 aliphatic heterocycles. The van der Waals surface area contributed by atoms with E-state index in [4.69, 9.17) is 4.52 Å². The smallest absolute Gasteiger partial charge is 0.241 e. The highest BCUT2D eigenvalue weighted by atomic mass is 32.1. The first kappa shape index (κ1) is 18.8. The molecule has 1 saturated heterocycles. The Balaban J connectivity index is 1.21. The number of nitrogens with one attached hydrogen (secondary N) is 1. The van der Waals surface area contributed by atoms with Crippen LogP contribution in [0.25, 0.3) is 11.4 Å². The fourth-order valence-electron chi connectivity index (χ4n) is 3.48. The third kappa shape index (κ3) is 4.85. The molecule has 6 nitrogen and oxygen atoms in total. The van der Waals surface area contributed by atoms with Gasteiger partial charge in [0.2, 0.25) is 17.6 Å². The van der Waals surface area contributed by atoms with Gasteiger partial charge in [0, 0.05) is 22.9 Å². The molecule has 0 unspecified atom stereocenters. The van der Waals surface area contributed by atoms with Crippen molar-refractivity contribution in [3.05, 3.63) is 58.6 Å². The second-order valence-electron chi connectivity index (χ2n) is 7.05. The Bertz CT molecular complexity index is 871. The molecule has 7 heteroatoms. The molecule has 0 saturated carbocycles. The molecule has 2 aromatic heterocycles. The minimum atomic E-state index is 0.0992. The maximum Gasteiger partial charge on any atom is 0.241 e. The number of carbonyl (C=O) groups is 1. The fourth-order valence-corrected chi connectivity index (χ4v) is 4.19. The van der Waals surface area contributed by atoms with Crippen molar-refractivity contribution in [2.24, 2.45) is 5.92 Å². The summed E-state index contributed by atoms with van der Waals surface area (Å²) in [6, 6.07) is 14.0. The van der Waals surface area contributed by atoms with Crippen molar-refractivity contribution in [1.29, 1.82) is 0 Å². The molecule has 0 atom stereocenters. The van der Waals surface area contributed by atoms with Crippen molar-refractivity contribution >= 4 is 17.2 Å². The number of aromatic nitrogens is 2. The van der Waals surface area contributed by atoms with Crippen molar-refractivity contribution in [1.82, 2.24) is 20.4 Å². The van der Waals surface area contributed by atoms with E-state index in [9.17, 15) is 4.79 Å². The van der Waals surface area contributed by atoms with Crippen LogP contribution in [0.1, 0.15) is 23.6 Å². The molecule has 1 amide bonds. The lowest BCUT2D eigenvalue weighted by atomic mass is 9.96. The summed E-state index contributed by atoms with van der Waals surface area (Å²) in [5, 5.41) is 9.23. The van der Waals surface area contributed by atoms with Crippen LogP contribution in [0.15, 0.2) is 52.4 Å². The van der Waals surface area contributed by atoms with Crippen molar-refractivity contribution in [2.45, 2.75) is 25.8 Å². The molecule has 1 N–H and O–H groups in total. The number of thiophene rings is 1. The fraction of sp³-hybridized carbons (Fsp3) is 0.381. The molecule has 28 heavy (non-hydrogen) atoms. The van der Waals surface area contributed by atoms with Gasteiger partial charge < -0.3 is 9.84 Å². The summed E-state index contributed by atoms with van der Waals surface area (Å²) in [5.74, 6) is 1.52. The van der Waals surface area contributed by atoms with E-state index in [1.54, 1.807) is 11.3 Å². The predicted octanol–water partition coefficient (Wildman–Crippen LogP) is 3.37. The summed E-state index contributed by atoms with van der Waals surface area (Å²) < 4.78 is 5.40. The van der Waals surface area contributed by atoms with Gasteiger partial charge in [-0.15, -0.1) is 11.3 Å². The summed E-state index contributed by atoms with van der Waals surface area (Å²) in [6.45, 7) is 3.08. The van der Waals surface area contributed by atoms with Crippen LogP contribution in [0.4, 0.5) is 0 Å². The van der Waals surface area contributed by atoms with Crippen molar-refractivity contribution in [3.8, 4) is 11.4 Å². The highest BCUT2D eigenvalue weighted by Crippen LogP contribution is 2.20. The summed E-state index contributed by atoms with van der Waals surface area (Å²) in [4.78, 5) is 20.5. The van der Waals surface area contributed by atoms with E-state index in [0.29, 0.717) is 24.8 Å². The summed E-state index contributed by atoms with van der Waals surface area (Å²) >= 11 is 1.73. The van der Waals surface area contributed by atoms with E-state index < -0.39 is 0 Å². The van der Waals surface area contributed by atoms with Crippen LogP contribution in [-0.4, -0.2) is 40.6 Å². The summed E-state index contributed by atoms with van der Waals surface area (Å²) in [7, 11) is 0. The van der Waals surface area contributed by atoms with E-state index in [-0.39, 0.29) is 11.8 Å². The third-order valence-electron chi connectivity index (χ3n) is 5.07. The Kier molecular flexibility index (Phi) is 6.14. The van der Waals surface area contributed by atoms with Crippen LogP contribution in [0.5, 0.6) is 0 Å². The Hall–Kier alpha value is -2.51. The molecule has 146 valence electrons. The standard InChI is InChI=1S/C21H24N4O2S/c26-21(22-11-8-18-7-4-14-28-18)17-9-12-25(13-10-17)15-19-23-20(24-27-19)16-5-2-1-3-6-16/h1-7,14,17H,8-13,15H2,(H,22,26). The van der Waals surface area contributed by atoms with Crippen LogP contribution < -0.4 is 5.32 Å². The molecule has 1 aromatic carbocycles. The number of rotatable bonds is 7. The number of carbonyl (C=O) groups excluding carboxylic acids is 1. The Morgan fingerprint density at radius 3 is 2.75 bits per heavy atom. The maximum atomic E-state index is 12.4. The first-order chi connectivity index (χ1) is 13.8. The van der Waals surface area contributed by atoms with Gasteiger partial charge in [0.25, 0.3) is 0 Å². The van der Waals surface area contributed by atoms with Gasteiger partial charge in [0.15, 0.2) is 0 Å². The van der Waals surface area contributed by atoms with E-state index in [1.807, 2.05) is 36.4 Å². The van der Waals surface area contributed by atoms with Gasteiger partial charge in [-0.2, -0.15) is 4.98 Å². The average molecular weight is 397 g/mol. The van der Waals surface area contributed by atoms with Gasteiger partial charge in [-0.25, -0.2) is 0 Å². The molecule has 3 heterocycles. The molecule has 1 aliphatic rings. The van der Waals surface area contributed by atoms with E-state index in [1.165, 1.54) is 4.88 Å². The van der Waals surface area contributed by atoms with E-state index in [2.05, 4.69) is 31.8 Å². The van der Waals surface area contributed by atoms with Crippen LogP contribution in [0.3, 0.4) is 0 Å². The normalized spacial score (nSPS) is 15.6. The summed E-state index contributed by atoms with van der Waals surface area (Å²) in [5.41, 5.74) is 0.954. The zero-order valence-electron chi connectivity index (χ0n) is 15.7. The monoisotopic (exact) mass is 396 g/mol. The Labute approximate surface area is 168 Å². The Morgan fingerprint density at radius 2 is 2.00 bits per heavy atom. The topological polar surface area (TPSA) is 71.3 Å². The highest BCUT2D eigenvalue weighted by molar-refractivity contribution is 7.09. The van der Waals surface area contributed by atoms with E-state index in [0.717, 1.165) is 37.9 Å². The summed E-state index contributed by atoms with van der Waals surface area (Å²) in [6.07, 6.45) is 2.64. The maximum absolute atomic E-state index is 12.4. The molecule has 0 radical (unpaired) electrons. The zero-order valence-corrected chi connectivity index (χ0v) is 16.5. The van der Waals surface area contributed by atoms with Gasteiger partial charge in [-0.3, -0.25) is 9.69 Å². The number of piperidine rings is 1. The first-order valence-corrected chi connectivity index (χ1v) is 10.6. The van der Waals surface area contributed by atoms with Crippen LogP contribution in [0, 0.1) is 5.92 Å². The molecule has 0 spiro atoms. The minimum Gasteiger partial charge on any atom is -0.355 e. The van der Waals surface area contributed by atoms with Gasteiger partial charge >= 0.3 is 0 Å². The number of hydrogen-bond donors (Lipinski definition) is 1. The molecular weight excluding hydrogens is 372 g/mol. The lowest BCUT2D eigenvalue weighted by Gasteiger charge is -2.30. The lowest BCUT2D eigenvalue weighted by molar-refractivity contribution is -0.126. The number of nitrogens with zero attached hydrogens (tertiary/aromatic N) is 3. The Morgan fingerprint density at radius 1 is 1.18 bits per heavy atom. The van der Waals surface area contributed by atoms with Crippen LogP contribution in [-0.2, 0) is 17.8 Å². The number of likely N-dealkylation sites (tertiary alicyclic amines) is 1. The predicted molar refractivity (Wildman–Crippen MR) is 109 cm³/mol. The largest absolute Gasteiger partial charge is 0.355 e. The molecule has 4 rings (SSSR count). The SMILES string of the molecule is O=C(NCCc1cccs1)C1CCN(Cc2nc(-c3ccccc3)no2)CC1. The van der Waals surface area contributed by atoms with Gasteiger partial charge in [0.05, 0.1) is 6.54 Å². The highest BCUT2D eigenvalue weighted by Gasteiger charge is 2.25. The third-order valence-corrected chi connectivity index (χ3v) is 6.00. The van der Waals surface area contributed by atoms with Crippen molar-refractivity contribution < 1.29 is 9.32 Å². The second kappa shape index (κ2) is 9.12. The second-order valence-corrected chi connectivity index (χ2v) is 8.08. The molecule has 0 aliphatic carbocycles. The van der Waals surface area contributed by atoms with Gasteiger partial charge in [-0.1, -0.05) is 41.6 Å². The first-order valence-electron chi connectivity index (χ1n) is 9.68. The zero-order chi connectivity index (χ0) is 19.2. The van der Waals surface area contributed by atoms with Gasteiger partial charge in [0.1, 0.15) is 0 Å². The van der Waals surface area contributed by atoms with Gasteiger partial charge in [-0.05, 0) is 43.8 Å². The van der Waals surface area contributed by atoms with Crippen LogP contribution in [0.2, 0.25) is 0 Å². The van der Waals surface area contributed by atoms with Crippen LogP contribution >= 0.6 is 11.3 Å². The molecule has 1 fully saturated rings. The molecule has 0 bridgehead atoms. The van der Waals surface area contributed by atoms with Crippen molar-refractivity contribution in [3.63, 3.8) is 0 Å². The minimum absolute atomic E-state index is 0.0992. The number of benzene rings is 1. The molecule has 3 aromatic rings.